The Morgan fingerprint density at radius 2 is 1.65 bits per heavy atom. The highest BCUT2D eigenvalue weighted by molar-refractivity contribution is 5.46. The van der Waals surface area contributed by atoms with Gasteiger partial charge in [-0.05, 0) is 37.2 Å². The fourth-order valence-corrected chi connectivity index (χ4v) is 1.75. The van der Waals surface area contributed by atoms with Crippen LogP contribution in [-0.4, -0.2) is 24.9 Å². The van der Waals surface area contributed by atoms with Crippen LogP contribution < -0.4 is 0 Å². The first kappa shape index (κ1) is 18.7. The Labute approximate surface area is 125 Å². The first-order valence-electron chi connectivity index (χ1n) is 7.59. The first-order valence-corrected chi connectivity index (χ1v) is 7.59. The first-order chi connectivity index (χ1) is 9.36. The summed E-state index contributed by atoms with van der Waals surface area (Å²) in [7, 11) is 1.81. The van der Waals surface area contributed by atoms with E-state index in [1.54, 1.807) is 4.90 Å². The van der Waals surface area contributed by atoms with Gasteiger partial charge in [-0.25, -0.2) is 0 Å². The van der Waals surface area contributed by atoms with Gasteiger partial charge in [0.15, 0.2) is 0 Å². The van der Waals surface area contributed by atoms with Crippen LogP contribution in [0, 0.1) is 12.8 Å². The zero-order chi connectivity index (χ0) is 15.5. The fraction of sp³-hybridized carbons (Fsp3) is 0.611. The van der Waals surface area contributed by atoms with Crippen LogP contribution in [0.15, 0.2) is 24.3 Å². The van der Waals surface area contributed by atoms with E-state index >= 15 is 0 Å². The molecule has 0 bridgehead atoms. The van der Waals surface area contributed by atoms with Crippen molar-refractivity contribution in [2.45, 2.75) is 53.4 Å². The Bertz CT molecular complexity index is 354. The standard InChI is InChI=1S/C10H14.C8H17NO/c1-8(2)10-6-4-9(3)5-7-10;1-8(2)5-4-6-9(3)7-10/h4-8H,1-3H3;7-8H,4-6H2,1-3H3. The number of carbonyl (C=O) groups is 1. The molecule has 2 nitrogen and oxygen atoms in total. The zero-order valence-corrected chi connectivity index (χ0v) is 14.0. The van der Waals surface area contributed by atoms with E-state index in [0.29, 0.717) is 5.92 Å². The average molecular weight is 277 g/mol. The molecular weight excluding hydrogens is 246 g/mol. The van der Waals surface area contributed by atoms with Crippen LogP contribution in [0.1, 0.15) is 57.6 Å². The Balaban J connectivity index is 0.000000361. The Kier molecular flexibility index (Phi) is 9.79. The molecule has 0 aliphatic heterocycles. The topological polar surface area (TPSA) is 20.3 Å². The van der Waals surface area contributed by atoms with Gasteiger partial charge >= 0.3 is 0 Å². The van der Waals surface area contributed by atoms with Gasteiger partial charge in [-0.3, -0.25) is 4.79 Å². The molecule has 0 heterocycles. The highest BCUT2D eigenvalue weighted by Gasteiger charge is 1.96. The number of benzene rings is 1. The number of aryl methyl sites for hydroxylation is 1. The molecule has 2 heteroatoms. The molecular formula is C18H31NO. The molecule has 20 heavy (non-hydrogen) atoms. The summed E-state index contributed by atoms with van der Waals surface area (Å²) in [4.78, 5) is 11.8. The van der Waals surface area contributed by atoms with Crippen LogP contribution >= 0.6 is 0 Å². The molecule has 0 radical (unpaired) electrons. The van der Waals surface area contributed by atoms with Gasteiger partial charge in [0.1, 0.15) is 0 Å². The Morgan fingerprint density at radius 1 is 1.10 bits per heavy atom. The van der Waals surface area contributed by atoms with E-state index in [-0.39, 0.29) is 0 Å². The summed E-state index contributed by atoms with van der Waals surface area (Å²) in [6.45, 7) is 11.8. The van der Waals surface area contributed by atoms with Crippen LogP contribution in [0.3, 0.4) is 0 Å². The molecule has 1 rings (SSSR count). The predicted molar refractivity (Wildman–Crippen MR) is 88.0 cm³/mol. The molecule has 114 valence electrons. The highest BCUT2D eigenvalue weighted by atomic mass is 16.1. The van der Waals surface area contributed by atoms with Crippen LogP contribution in [0.2, 0.25) is 0 Å². The predicted octanol–water partition coefficient (Wildman–Crippen LogP) is 4.63. The average Bonchev–Trinajstić information content (AvgIpc) is 2.39. The van der Waals surface area contributed by atoms with Crippen LogP contribution in [0.25, 0.3) is 0 Å². The number of rotatable bonds is 6. The minimum atomic E-state index is 0.653. The molecule has 1 amide bonds. The van der Waals surface area contributed by atoms with Crippen molar-refractivity contribution >= 4 is 6.41 Å². The second-order valence-electron chi connectivity index (χ2n) is 6.19. The van der Waals surface area contributed by atoms with Crippen molar-refractivity contribution in [2.24, 2.45) is 5.92 Å². The van der Waals surface area contributed by atoms with Crippen molar-refractivity contribution in [1.82, 2.24) is 4.90 Å². The molecule has 0 atom stereocenters. The lowest BCUT2D eigenvalue weighted by molar-refractivity contribution is -0.117. The summed E-state index contributed by atoms with van der Waals surface area (Å²) >= 11 is 0. The van der Waals surface area contributed by atoms with Gasteiger partial charge in [-0.2, -0.15) is 0 Å². The van der Waals surface area contributed by atoms with E-state index in [9.17, 15) is 4.79 Å². The molecule has 0 aliphatic rings. The quantitative estimate of drug-likeness (QED) is 0.694. The maximum atomic E-state index is 10.1. The second kappa shape index (κ2) is 10.5. The molecule has 0 unspecified atom stereocenters. The summed E-state index contributed by atoms with van der Waals surface area (Å²) in [6, 6.07) is 8.71. The van der Waals surface area contributed by atoms with Crippen molar-refractivity contribution in [3.8, 4) is 0 Å². The van der Waals surface area contributed by atoms with Crippen molar-refractivity contribution in [1.29, 1.82) is 0 Å². The lowest BCUT2D eigenvalue weighted by Crippen LogP contribution is -2.17. The largest absolute Gasteiger partial charge is 0.348 e. The number of hydrogen-bond donors (Lipinski definition) is 0. The van der Waals surface area contributed by atoms with E-state index in [1.807, 2.05) is 7.05 Å². The van der Waals surface area contributed by atoms with Gasteiger partial charge in [0.2, 0.25) is 6.41 Å². The number of nitrogens with zero attached hydrogens (tertiary/aromatic N) is 1. The third-order valence-corrected chi connectivity index (χ3v) is 3.22. The lowest BCUT2D eigenvalue weighted by Gasteiger charge is -2.10. The van der Waals surface area contributed by atoms with E-state index < -0.39 is 0 Å². The third-order valence-electron chi connectivity index (χ3n) is 3.22. The van der Waals surface area contributed by atoms with Crippen LogP contribution in [0.5, 0.6) is 0 Å². The SMILES string of the molecule is CC(C)CCCN(C)C=O.Cc1ccc(C(C)C)cc1. The van der Waals surface area contributed by atoms with Crippen molar-refractivity contribution < 1.29 is 4.79 Å². The van der Waals surface area contributed by atoms with E-state index in [0.717, 1.165) is 25.3 Å². The highest BCUT2D eigenvalue weighted by Crippen LogP contribution is 2.13. The van der Waals surface area contributed by atoms with Gasteiger partial charge in [-0.1, -0.05) is 57.5 Å². The van der Waals surface area contributed by atoms with Gasteiger partial charge in [0.05, 0.1) is 0 Å². The third kappa shape index (κ3) is 9.60. The summed E-state index contributed by atoms with van der Waals surface area (Å²) in [5.41, 5.74) is 2.76. The van der Waals surface area contributed by atoms with Crippen LogP contribution in [0.4, 0.5) is 0 Å². The summed E-state index contributed by atoms with van der Waals surface area (Å²) in [6.07, 6.45) is 3.20. The van der Waals surface area contributed by atoms with Crippen molar-refractivity contribution in [2.75, 3.05) is 13.6 Å². The molecule has 0 saturated carbocycles. The molecule has 0 saturated heterocycles. The maximum absolute atomic E-state index is 10.1. The molecule has 1 aromatic carbocycles. The minimum Gasteiger partial charge on any atom is -0.348 e. The maximum Gasteiger partial charge on any atom is 0.209 e. The molecule has 0 spiro atoms. The monoisotopic (exact) mass is 277 g/mol. The normalized spacial score (nSPS) is 10.2. The molecule has 1 aromatic rings. The molecule has 0 aliphatic carbocycles. The van der Waals surface area contributed by atoms with Crippen molar-refractivity contribution in [3.05, 3.63) is 35.4 Å². The van der Waals surface area contributed by atoms with Gasteiger partial charge in [-0.15, -0.1) is 0 Å². The molecule has 0 fully saturated rings. The van der Waals surface area contributed by atoms with E-state index in [1.165, 1.54) is 17.5 Å². The van der Waals surface area contributed by atoms with Gasteiger partial charge in [0, 0.05) is 13.6 Å². The smallest absolute Gasteiger partial charge is 0.209 e. The number of carbonyl (C=O) groups excluding carboxylic acids is 1. The van der Waals surface area contributed by atoms with E-state index in [2.05, 4.69) is 58.9 Å². The molecule has 0 N–H and O–H groups in total. The van der Waals surface area contributed by atoms with E-state index in [4.69, 9.17) is 0 Å². The second-order valence-corrected chi connectivity index (χ2v) is 6.19. The lowest BCUT2D eigenvalue weighted by atomic mass is 10.0. The van der Waals surface area contributed by atoms with Crippen molar-refractivity contribution in [3.63, 3.8) is 0 Å². The summed E-state index contributed by atoms with van der Waals surface area (Å²) < 4.78 is 0. The number of amides is 1. The molecule has 0 aromatic heterocycles. The van der Waals surface area contributed by atoms with Crippen LogP contribution in [-0.2, 0) is 4.79 Å². The Hall–Kier alpha value is -1.31. The Morgan fingerprint density at radius 3 is 2.05 bits per heavy atom. The summed E-state index contributed by atoms with van der Waals surface area (Å²) in [5.74, 6) is 1.40. The van der Waals surface area contributed by atoms with Gasteiger partial charge < -0.3 is 4.90 Å². The van der Waals surface area contributed by atoms with Gasteiger partial charge in [0.25, 0.3) is 0 Å². The fourth-order valence-electron chi connectivity index (χ4n) is 1.75. The minimum absolute atomic E-state index is 0.653. The number of hydrogen-bond acceptors (Lipinski definition) is 1. The zero-order valence-electron chi connectivity index (χ0n) is 14.0. The summed E-state index contributed by atoms with van der Waals surface area (Å²) in [5, 5.41) is 0.